The van der Waals surface area contributed by atoms with Gasteiger partial charge >= 0.3 is 0 Å². The smallest absolute Gasteiger partial charge is 0.228 e. The van der Waals surface area contributed by atoms with Gasteiger partial charge in [-0.1, -0.05) is 18.2 Å². The van der Waals surface area contributed by atoms with E-state index in [-0.39, 0.29) is 23.6 Å². The Kier molecular flexibility index (Phi) is 3.92. The van der Waals surface area contributed by atoms with Crippen LogP contribution in [0.1, 0.15) is 30.7 Å². The van der Waals surface area contributed by atoms with Crippen molar-refractivity contribution in [2.75, 3.05) is 23.3 Å². The molecule has 2 aliphatic rings. The first-order chi connectivity index (χ1) is 11.7. The Morgan fingerprint density at radius 3 is 2.67 bits per heavy atom. The molecule has 2 fully saturated rings. The highest BCUT2D eigenvalue weighted by Crippen LogP contribution is 2.48. The SMILES string of the molecule is O=C(Nc1ccc(N2CCCC2)nc1)C1CC1c1ccccc1F. The summed E-state index contributed by atoms with van der Waals surface area (Å²) in [7, 11) is 0. The third kappa shape index (κ3) is 2.98. The van der Waals surface area contributed by atoms with Crippen LogP contribution in [-0.2, 0) is 4.79 Å². The summed E-state index contributed by atoms with van der Waals surface area (Å²) in [5.41, 5.74) is 1.34. The number of carbonyl (C=O) groups excluding carboxylic acids is 1. The predicted molar refractivity (Wildman–Crippen MR) is 91.6 cm³/mol. The molecule has 0 bridgehead atoms. The van der Waals surface area contributed by atoms with E-state index in [2.05, 4.69) is 15.2 Å². The number of hydrogen-bond donors (Lipinski definition) is 1. The Bertz CT molecular complexity index is 741. The van der Waals surface area contributed by atoms with Gasteiger partial charge in [0.25, 0.3) is 0 Å². The van der Waals surface area contributed by atoms with Crippen molar-refractivity contribution in [3.63, 3.8) is 0 Å². The second kappa shape index (κ2) is 6.23. The van der Waals surface area contributed by atoms with Gasteiger partial charge in [-0.2, -0.15) is 0 Å². The van der Waals surface area contributed by atoms with Crippen molar-refractivity contribution in [3.05, 3.63) is 54.0 Å². The molecule has 0 spiro atoms. The maximum Gasteiger partial charge on any atom is 0.228 e. The third-order valence-corrected chi connectivity index (χ3v) is 4.88. The summed E-state index contributed by atoms with van der Waals surface area (Å²) in [5, 5.41) is 2.90. The molecule has 1 amide bonds. The van der Waals surface area contributed by atoms with Gasteiger partial charge in [-0.25, -0.2) is 9.37 Å². The first-order valence-corrected chi connectivity index (χ1v) is 8.48. The van der Waals surface area contributed by atoms with Crippen LogP contribution in [-0.4, -0.2) is 24.0 Å². The lowest BCUT2D eigenvalue weighted by Gasteiger charge is -2.16. The van der Waals surface area contributed by atoms with E-state index in [0.29, 0.717) is 17.7 Å². The Balaban J connectivity index is 1.37. The molecule has 2 heterocycles. The second-order valence-electron chi connectivity index (χ2n) is 6.56. The standard InChI is InChI=1S/C19H20FN3O/c20-17-6-2-1-5-14(17)15-11-16(15)19(24)22-13-7-8-18(21-12-13)23-9-3-4-10-23/h1-2,5-8,12,15-16H,3-4,9-11H2,(H,22,24). The van der Waals surface area contributed by atoms with Gasteiger partial charge in [0.05, 0.1) is 11.9 Å². The van der Waals surface area contributed by atoms with Crippen LogP contribution in [0.25, 0.3) is 0 Å². The summed E-state index contributed by atoms with van der Waals surface area (Å²) in [5.74, 6) is 0.512. The minimum absolute atomic E-state index is 0.0111. The number of aromatic nitrogens is 1. The Morgan fingerprint density at radius 2 is 1.96 bits per heavy atom. The molecule has 2 unspecified atom stereocenters. The van der Waals surface area contributed by atoms with Gasteiger partial charge in [-0.15, -0.1) is 0 Å². The van der Waals surface area contributed by atoms with Crippen molar-refractivity contribution in [3.8, 4) is 0 Å². The zero-order chi connectivity index (χ0) is 16.5. The van der Waals surface area contributed by atoms with E-state index >= 15 is 0 Å². The first-order valence-electron chi connectivity index (χ1n) is 8.48. The molecule has 124 valence electrons. The van der Waals surface area contributed by atoms with E-state index in [0.717, 1.165) is 18.9 Å². The summed E-state index contributed by atoms with van der Waals surface area (Å²) in [6.07, 6.45) is 4.82. The molecule has 4 nitrogen and oxygen atoms in total. The van der Waals surface area contributed by atoms with Crippen molar-refractivity contribution in [2.45, 2.75) is 25.2 Å². The van der Waals surface area contributed by atoms with Crippen molar-refractivity contribution in [1.82, 2.24) is 4.98 Å². The summed E-state index contributed by atoms with van der Waals surface area (Å²) >= 11 is 0. The van der Waals surface area contributed by atoms with E-state index in [4.69, 9.17) is 0 Å². The number of carbonyl (C=O) groups is 1. The van der Waals surface area contributed by atoms with Gasteiger partial charge in [-0.05, 0) is 48.9 Å². The number of amides is 1. The lowest BCUT2D eigenvalue weighted by Crippen LogP contribution is -2.19. The highest BCUT2D eigenvalue weighted by Gasteiger charge is 2.45. The van der Waals surface area contributed by atoms with Gasteiger partial charge in [0.15, 0.2) is 0 Å². The largest absolute Gasteiger partial charge is 0.357 e. The van der Waals surface area contributed by atoms with Crippen LogP contribution in [0.15, 0.2) is 42.6 Å². The fourth-order valence-corrected chi connectivity index (χ4v) is 3.43. The first kappa shape index (κ1) is 15.1. The topological polar surface area (TPSA) is 45.2 Å². The third-order valence-electron chi connectivity index (χ3n) is 4.88. The molecule has 2 aromatic rings. The molecule has 1 aromatic heterocycles. The number of halogens is 1. The predicted octanol–water partition coefficient (Wildman–Crippen LogP) is 3.56. The lowest BCUT2D eigenvalue weighted by atomic mass is 10.1. The molecule has 2 atom stereocenters. The van der Waals surface area contributed by atoms with Crippen LogP contribution in [0.3, 0.4) is 0 Å². The zero-order valence-corrected chi connectivity index (χ0v) is 13.4. The van der Waals surface area contributed by atoms with E-state index in [1.54, 1.807) is 18.3 Å². The van der Waals surface area contributed by atoms with Crippen LogP contribution in [0.5, 0.6) is 0 Å². The van der Waals surface area contributed by atoms with Crippen LogP contribution in [0, 0.1) is 11.7 Å². The normalized spacial score (nSPS) is 22.5. The average molecular weight is 325 g/mol. The van der Waals surface area contributed by atoms with Crippen LogP contribution in [0.2, 0.25) is 0 Å². The Morgan fingerprint density at radius 1 is 1.17 bits per heavy atom. The molecule has 1 N–H and O–H groups in total. The molecule has 4 rings (SSSR count). The lowest BCUT2D eigenvalue weighted by molar-refractivity contribution is -0.117. The van der Waals surface area contributed by atoms with Gasteiger partial charge < -0.3 is 10.2 Å². The number of hydrogen-bond acceptors (Lipinski definition) is 3. The van der Waals surface area contributed by atoms with E-state index < -0.39 is 0 Å². The zero-order valence-electron chi connectivity index (χ0n) is 13.4. The van der Waals surface area contributed by atoms with Gasteiger partial charge in [0, 0.05) is 19.0 Å². The minimum Gasteiger partial charge on any atom is -0.357 e. The molecular formula is C19H20FN3O. The summed E-state index contributed by atoms with van der Waals surface area (Å²) in [4.78, 5) is 19.0. The van der Waals surface area contributed by atoms with Crippen LogP contribution >= 0.6 is 0 Å². The van der Waals surface area contributed by atoms with Crippen molar-refractivity contribution in [1.29, 1.82) is 0 Å². The van der Waals surface area contributed by atoms with Crippen molar-refractivity contribution < 1.29 is 9.18 Å². The molecule has 1 aliphatic carbocycles. The number of pyridine rings is 1. The quantitative estimate of drug-likeness (QED) is 0.935. The van der Waals surface area contributed by atoms with E-state index in [1.807, 2.05) is 18.2 Å². The van der Waals surface area contributed by atoms with Gasteiger partial charge in [-0.3, -0.25) is 4.79 Å². The van der Waals surface area contributed by atoms with Crippen LogP contribution in [0.4, 0.5) is 15.9 Å². The van der Waals surface area contributed by atoms with E-state index in [1.165, 1.54) is 18.9 Å². The molecular weight excluding hydrogens is 305 g/mol. The van der Waals surface area contributed by atoms with Crippen LogP contribution < -0.4 is 10.2 Å². The maximum absolute atomic E-state index is 13.8. The van der Waals surface area contributed by atoms with Crippen molar-refractivity contribution >= 4 is 17.4 Å². The minimum atomic E-state index is -0.227. The molecule has 1 saturated carbocycles. The number of nitrogens with zero attached hydrogens (tertiary/aromatic N) is 2. The Hall–Kier alpha value is -2.43. The second-order valence-corrected chi connectivity index (χ2v) is 6.56. The monoisotopic (exact) mass is 325 g/mol. The number of nitrogens with one attached hydrogen (secondary N) is 1. The molecule has 24 heavy (non-hydrogen) atoms. The summed E-state index contributed by atoms with van der Waals surface area (Å²) < 4.78 is 13.8. The van der Waals surface area contributed by atoms with Crippen molar-refractivity contribution in [2.24, 2.45) is 5.92 Å². The van der Waals surface area contributed by atoms with Gasteiger partial charge in [0.2, 0.25) is 5.91 Å². The average Bonchev–Trinajstić information content (AvgIpc) is 3.20. The Labute approximate surface area is 140 Å². The molecule has 5 heteroatoms. The van der Waals surface area contributed by atoms with E-state index in [9.17, 15) is 9.18 Å². The molecule has 0 radical (unpaired) electrons. The molecule has 1 aliphatic heterocycles. The highest BCUT2D eigenvalue weighted by atomic mass is 19.1. The number of anilines is 2. The summed E-state index contributed by atoms with van der Waals surface area (Å²) in [6.45, 7) is 2.09. The fourth-order valence-electron chi connectivity index (χ4n) is 3.43. The number of rotatable bonds is 4. The highest BCUT2D eigenvalue weighted by molar-refractivity contribution is 5.95. The number of benzene rings is 1. The molecule has 1 saturated heterocycles. The fraction of sp³-hybridized carbons (Fsp3) is 0.368. The maximum atomic E-state index is 13.8. The van der Waals surface area contributed by atoms with Gasteiger partial charge in [0.1, 0.15) is 11.6 Å². The molecule has 1 aromatic carbocycles. The summed E-state index contributed by atoms with van der Waals surface area (Å²) in [6, 6.07) is 10.5.